The number of nitrogens with two attached hydrogens (primary N) is 1. The van der Waals surface area contributed by atoms with Gasteiger partial charge in [-0.1, -0.05) is 95.0 Å². The average Bonchev–Trinajstić information content (AvgIpc) is 3.22. The minimum absolute atomic E-state index is 0.203. The van der Waals surface area contributed by atoms with Crippen molar-refractivity contribution in [3.63, 3.8) is 0 Å². The second-order valence-electron chi connectivity index (χ2n) is 7.40. The lowest BCUT2D eigenvalue weighted by atomic mass is 10.1. The molecule has 1 aromatic heterocycles. The molecule has 0 fully saturated rings. The third-order valence-corrected chi connectivity index (χ3v) is 5.00. The van der Waals surface area contributed by atoms with Crippen molar-refractivity contribution in [1.82, 2.24) is 10.3 Å². The van der Waals surface area contributed by atoms with Crippen molar-refractivity contribution in [3.05, 3.63) is 53.7 Å². The minimum atomic E-state index is -0.468. The number of nitrogens with one attached hydrogen (secondary N) is 1. The number of carbonyl (C=O) groups is 1. The number of aromatic nitrogens is 1. The summed E-state index contributed by atoms with van der Waals surface area (Å²) in [6.07, 6.45) is 14.2. The van der Waals surface area contributed by atoms with Crippen molar-refractivity contribution in [2.24, 2.45) is 5.73 Å². The molecule has 28 heavy (non-hydrogen) atoms. The fraction of sp³-hybridized carbons (Fsp3) is 0.565. The van der Waals surface area contributed by atoms with Gasteiger partial charge >= 0.3 is 0 Å². The van der Waals surface area contributed by atoms with Crippen molar-refractivity contribution in [1.29, 1.82) is 0 Å². The van der Waals surface area contributed by atoms with Crippen LogP contribution in [0.2, 0.25) is 0 Å². The molecule has 0 radical (unpaired) electrons. The zero-order valence-corrected chi connectivity index (χ0v) is 17.2. The van der Waals surface area contributed by atoms with Crippen LogP contribution < -0.4 is 11.1 Å². The number of rotatable bonds is 14. The fourth-order valence-electron chi connectivity index (χ4n) is 3.24. The zero-order valence-electron chi connectivity index (χ0n) is 17.2. The summed E-state index contributed by atoms with van der Waals surface area (Å²) in [6.45, 7) is 2.92. The highest BCUT2D eigenvalue weighted by atomic mass is 16.3. The predicted octanol–water partition coefficient (Wildman–Crippen LogP) is 5.37. The Morgan fingerprint density at radius 3 is 2.25 bits per heavy atom. The molecule has 0 bridgehead atoms. The lowest BCUT2D eigenvalue weighted by Crippen LogP contribution is -2.25. The molecule has 0 aliphatic carbocycles. The number of carbonyl (C=O) groups excluding carboxylic acids is 1. The molecule has 0 spiro atoms. The van der Waals surface area contributed by atoms with Gasteiger partial charge in [0.25, 0.3) is 5.91 Å². The quantitative estimate of drug-likeness (QED) is 0.428. The summed E-state index contributed by atoms with van der Waals surface area (Å²) in [6, 6.07) is 9.12. The van der Waals surface area contributed by atoms with Gasteiger partial charge in [0.15, 0.2) is 5.69 Å². The van der Waals surface area contributed by atoms with Crippen LogP contribution in [-0.4, -0.2) is 17.4 Å². The van der Waals surface area contributed by atoms with Gasteiger partial charge in [0.2, 0.25) is 5.89 Å². The second-order valence-corrected chi connectivity index (χ2v) is 7.40. The van der Waals surface area contributed by atoms with Crippen molar-refractivity contribution in [3.8, 4) is 0 Å². The largest absolute Gasteiger partial charge is 0.446 e. The standard InChI is InChI=1S/C23H35N3O2/c1-2-3-4-5-6-7-8-9-10-14-17-25-22(27)20-18-28-23(26-20)21(24)19-15-12-11-13-16-19/h11-13,15-16,18,21H,2-10,14,17,24H2,1H3,(H,25,27). The summed E-state index contributed by atoms with van der Waals surface area (Å²) < 4.78 is 5.41. The van der Waals surface area contributed by atoms with Crippen LogP contribution in [0.5, 0.6) is 0 Å². The first kappa shape index (κ1) is 22.2. The average molecular weight is 386 g/mol. The van der Waals surface area contributed by atoms with Gasteiger partial charge in [-0.15, -0.1) is 0 Å². The van der Waals surface area contributed by atoms with E-state index in [0.29, 0.717) is 12.4 Å². The van der Waals surface area contributed by atoms with Gasteiger partial charge in [-0.05, 0) is 12.0 Å². The van der Waals surface area contributed by atoms with E-state index < -0.39 is 6.04 Å². The topological polar surface area (TPSA) is 81.2 Å². The van der Waals surface area contributed by atoms with E-state index in [9.17, 15) is 4.79 Å². The number of benzene rings is 1. The van der Waals surface area contributed by atoms with E-state index in [4.69, 9.17) is 10.2 Å². The van der Waals surface area contributed by atoms with E-state index in [0.717, 1.165) is 18.4 Å². The van der Waals surface area contributed by atoms with Gasteiger partial charge in [0.1, 0.15) is 12.3 Å². The maximum absolute atomic E-state index is 12.2. The first-order valence-corrected chi connectivity index (χ1v) is 10.8. The number of oxazole rings is 1. The second kappa shape index (κ2) is 13.1. The molecule has 154 valence electrons. The smallest absolute Gasteiger partial charge is 0.273 e. The maximum Gasteiger partial charge on any atom is 0.273 e. The molecule has 1 unspecified atom stereocenters. The summed E-state index contributed by atoms with van der Waals surface area (Å²) in [5.41, 5.74) is 7.35. The van der Waals surface area contributed by atoms with Crippen molar-refractivity contribution < 1.29 is 9.21 Å². The molecule has 5 nitrogen and oxygen atoms in total. The highest BCUT2D eigenvalue weighted by molar-refractivity contribution is 5.91. The number of amides is 1. The van der Waals surface area contributed by atoms with Gasteiger partial charge in [-0.3, -0.25) is 4.79 Å². The Balaban J connectivity index is 1.58. The Bertz CT molecular complexity index is 669. The molecule has 0 aliphatic heterocycles. The Labute approximate surface area is 169 Å². The van der Waals surface area contributed by atoms with Crippen molar-refractivity contribution in [2.45, 2.75) is 77.2 Å². The van der Waals surface area contributed by atoms with Gasteiger partial charge in [0.05, 0.1) is 0 Å². The molecular weight excluding hydrogens is 350 g/mol. The minimum Gasteiger partial charge on any atom is -0.446 e. The number of nitrogens with zero attached hydrogens (tertiary/aromatic N) is 1. The van der Waals surface area contributed by atoms with Crippen LogP contribution in [0.1, 0.15) is 99.1 Å². The normalized spacial score (nSPS) is 12.1. The molecule has 1 aromatic carbocycles. The molecule has 1 heterocycles. The lowest BCUT2D eigenvalue weighted by Gasteiger charge is -2.06. The van der Waals surface area contributed by atoms with Crippen LogP contribution in [0.4, 0.5) is 0 Å². The zero-order chi connectivity index (χ0) is 20.0. The molecule has 2 aromatic rings. The van der Waals surface area contributed by atoms with Gasteiger partial charge in [-0.25, -0.2) is 4.98 Å². The van der Waals surface area contributed by atoms with Crippen LogP contribution in [-0.2, 0) is 0 Å². The molecule has 0 saturated heterocycles. The van der Waals surface area contributed by atoms with Crippen molar-refractivity contribution in [2.75, 3.05) is 6.54 Å². The maximum atomic E-state index is 12.2. The van der Waals surface area contributed by atoms with Crippen LogP contribution in [0.25, 0.3) is 0 Å². The Morgan fingerprint density at radius 2 is 1.61 bits per heavy atom. The molecule has 3 N–H and O–H groups in total. The third-order valence-electron chi connectivity index (χ3n) is 5.00. The van der Waals surface area contributed by atoms with Crippen LogP contribution in [0.15, 0.2) is 41.0 Å². The van der Waals surface area contributed by atoms with E-state index in [1.807, 2.05) is 30.3 Å². The monoisotopic (exact) mass is 385 g/mol. The number of hydrogen-bond acceptors (Lipinski definition) is 4. The third kappa shape index (κ3) is 7.85. The molecular formula is C23H35N3O2. The SMILES string of the molecule is CCCCCCCCCCCCNC(=O)c1coc(C(N)c2ccccc2)n1. The summed E-state index contributed by atoms with van der Waals surface area (Å²) in [4.78, 5) is 16.5. The molecule has 0 aliphatic rings. The van der Waals surface area contributed by atoms with Gasteiger partial charge < -0.3 is 15.5 Å². The van der Waals surface area contributed by atoms with Crippen LogP contribution in [0.3, 0.4) is 0 Å². The fourth-order valence-corrected chi connectivity index (χ4v) is 3.24. The number of unbranched alkanes of at least 4 members (excludes halogenated alkanes) is 9. The Hall–Kier alpha value is -2.14. The van der Waals surface area contributed by atoms with E-state index in [1.165, 1.54) is 57.6 Å². The van der Waals surface area contributed by atoms with Gasteiger partial charge in [0, 0.05) is 6.54 Å². The molecule has 5 heteroatoms. The van der Waals surface area contributed by atoms with Crippen molar-refractivity contribution >= 4 is 5.91 Å². The van der Waals surface area contributed by atoms with E-state index in [1.54, 1.807) is 0 Å². The lowest BCUT2D eigenvalue weighted by molar-refractivity contribution is 0.0948. The molecule has 2 rings (SSSR count). The summed E-state index contributed by atoms with van der Waals surface area (Å²) in [5, 5.41) is 2.91. The van der Waals surface area contributed by atoms with Crippen LogP contribution in [0, 0.1) is 0 Å². The summed E-state index contributed by atoms with van der Waals surface area (Å²) in [7, 11) is 0. The van der Waals surface area contributed by atoms with E-state index in [-0.39, 0.29) is 11.6 Å². The van der Waals surface area contributed by atoms with E-state index in [2.05, 4.69) is 17.2 Å². The summed E-state index contributed by atoms with van der Waals surface area (Å²) >= 11 is 0. The molecule has 1 amide bonds. The molecule has 0 saturated carbocycles. The Kier molecular flexibility index (Phi) is 10.4. The molecule has 1 atom stereocenters. The Morgan fingerprint density at radius 1 is 1.00 bits per heavy atom. The number of hydrogen-bond donors (Lipinski definition) is 2. The highest BCUT2D eigenvalue weighted by Crippen LogP contribution is 2.18. The van der Waals surface area contributed by atoms with Crippen LogP contribution >= 0.6 is 0 Å². The highest BCUT2D eigenvalue weighted by Gasteiger charge is 2.18. The van der Waals surface area contributed by atoms with Gasteiger partial charge in [-0.2, -0.15) is 0 Å². The van der Waals surface area contributed by atoms with E-state index >= 15 is 0 Å². The first-order valence-electron chi connectivity index (χ1n) is 10.8. The summed E-state index contributed by atoms with van der Waals surface area (Å²) in [5.74, 6) is 0.154. The predicted molar refractivity (Wildman–Crippen MR) is 113 cm³/mol. The first-order chi connectivity index (χ1) is 13.7.